The Morgan fingerprint density at radius 1 is 1.13 bits per heavy atom. The Hall–Kier alpha value is -3.05. The number of nitrogens with zero attached hydrogens (tertiary/aromatic N) is 3. The van der Waals surface area contributed by atoms with Crippen molar-refractivity contribution >= 4 is 33.5 Å². The number of hydrogen-bond donors (Lipinski definition) is 3. The van der Waals surface area contributed by atoms with Crippen LogP contribution in [0.3, 0.4) is 0 Å². The number of fused-ring (bicyclic) bond motifs is 1. The van der Waals surface area contributed by atoms with Gasteiger partial charge in [-0.05, 0) is 61.2 Å². The van der Waals surface area contributed by atoms with Crippen LogP contribution in [0.2, 0.25) is 0 Å². The molecule has 2 aromatic rings. The minimum Gasteiger partial charge on any atom is -0.396 e. The Balaban J connectivity index is 1.60. The van der Waals surface area contributed by atoms with Gasteiger partial charge in [-0.2, -0.15) is 4.31 Å². The second-order valence-electron chi connectivity index (χ2n) is 9.91. The van der Waals surface area contributed by atoms with Gasteiger partial charge in [-0.1, -0.05) is 31.2 Å². The smallest absolute Gasteiger partial charge is 0.250 e. The van der Waals surface area contributed by atoms with E-state index in [9.17, 15) is 18.3 Å². The lowest BCUT2D eigenvalue weighted by molar-refractivity contribution is -0.127. The lowest BCUT2D eigenvalue weighted by atomic mass is 10.0. The fraction of sp³-hybridized carbons (Fsp3) is 0.429. The van der Waals surface area contributed by atoms with Crippen molar-refractivity contribution in [3.63, 3.8) is 0 Å². The summed E-state index contributed by atoms with van der Waals surface area (Å²) in [4.78, 5) is 20.0. The molecule has 38 heavy (non-hydrogen) atoms. The summed E-state index contributed by atoms with van der Waals surface area (Å²) in [6, 6.07) is 12.5. The predicted molar refractivity (Wildman–Crippen MR) is 150 cm³/mol. The van der Waals surface area contributed by atoms with Gasteiger partial charge in [0.05, 0.1) is 10.6 Å². The molecular weight excluding hydrogens is 502 g/mol. The van der Waals surface area contributed by atoms with E-state index in [-0.39, 0.29) is 29.7 Å². The molecule has 0 bridgehead atoms. The van der Waals surface area contributed by atoms with Crippen molar-refractivity contribution in [2.24, 2.45) is 22.4 Å². The summed E-state index contributed by atoms with van der Waals surface area (Å²) in [5.41, 5.74) is 15.4. The van der Waals surface area contributed by atoms with E-state index in [0.29, 0.717) is 49.8 Å². The first-order chi connectivity index (χ1) is 18.3. The van der Waals surface area contributed by atoms with Gasteiger partial charge >= 0.3 is 0 Å². The number of carbonyl (C=O) groups is 1. The molecule has 0 spiro atoms. The van der Waals surface area contributed by atoms with Crippen molar-refractivity contribution in [1.29, 1.82) is 0 Å². The summed E-state index contributed by atoms with van der Waals surface area (Å²) in [5, 5.41) is 9.24. The molecule has 1 saturated heterocycles. The largest absolute Gasteiger partial charge is 0.396 e. The number of hydrogen-bond acceptors (Lipinski definition) is 7. The summed E-state index contributed by atoms with van der Waals surface area (Å²) in [6.45, 7) is 4.61. The van der Waals surface area contributed by atoms with Crippen molar-refractivity contribution in [1.82, 2.24) is 9.21 Å². The Morgan fingerprint density at radius 2 is 1.89 bits per heavy atom. The molecule has 10 heteroatoms. The number of aliphatic hydroxyl groups is 1. The maximum atomic E-state index is 13.4. The predicted octanol–water partition coefficient (Wildman–Crippen LogP) is 2.72. The SMILES string of the molecule is CCCN(CCCCN)C(=O)C1=Cc2ccc(-c3cccc(S(=O)(=O)N4CC(CO)C4)c3)cc2N=C(N)C1. The molecule has 2 heterocycles. The summed E-state index contributed by atoms with van der Waals surface area (Å²) in [6.07, 6.45) is 4.70. The highest BCUT2D eigenvalue weighted by Gasteiger charge is 2.36. The van der Waals surface area contributed by atoms with Gasteiger partial charge in [-0.3, -0.25) is 4.79 Å². The molecular formula is C28H37N5O4S. The topological polar surface area (TPSA) is 142 Å². The second kappa shape index (κ2) is 12.2. The molecule has 1 fully saturated rings. The zero-order valence-corrected chi connectivity index (χ0v) is 22.7. The van der Waals surface area contributed by atoms with Crippen molar-refractivity contribution in [3.8, 4) is 11.1 Å². The van der Waals surface area contributed by atoms with Crippen LogP contribution in [0.4, 0.5) is 5.69 Å². The first-order valence-corrected chi connectivity index (χ1v) is 14.6. The first kappa shape index (κ1) is 28.0. The summed E-state index contributed by atoms with van der Waals surface area (Å²) in [5.74, 6) is 0.309. The minimum absolute atomic E-state index is 0.00863. The molecule has 0 aliphatic carbocycles. The van der Waals surface area contributed by atoms with Crippen LogP contribution in [0.1, 0.15) is 38.2 Å². The van der Waals surface area contributed by atoms with E-state index in [2.05, 4.69) is 4.99 Å². The summed E-state index contributed by atoms with van der Waals surface area (Å²) >= 11 is 0. The molecule has 2 aromatic carbocycles. The van der Waals surface area contributed by atoms with Crippen LogP contribution >= 0.6 is 0 Å². The van der Waals surface area contributed by atoms with Gasteiger partial charge in [0.2, 0.25) is 15.9 Å². The zero-order chi connectivity index (χ0) is 27.3. The fourth-order valence-electron chi connectivity index (χ4n) is 4.76. The number of aliphatic imine (C=N–C) groups is 1. The van der Waals surface area contributed by atoms with E-state index in [1.54, 1.807) is 18.2 Å². The molecule has 9 nitrogen and oxygen atoms in total. The molecule has 0 unspecified atom stereocenters. The van der Waals surface area contributed by atoms with Gasteiger partial charge < -0.3 is 21.5 Å². The van der Waals surface area contributed by atoms with Gasteiger partial charge in [-0.15, -0.1) is 0 Å². The number of amidine groups is 1. The highest BCUT2D eigenvalue weighted by Crippen LogP contribution is 2.34. The Labute approximate surface area is 224 Å². The summed E-state index contributed by atoms with van der Waals surface area (Å²) < 4.78 is 27.4. The Kier molecular flexibility index (Phi) is 8.99. The van der Waals surface area contributed by atoms with Crippen LogP contribution in [-0.2, 0) is 14.8 Å². The number of nitrogens with two attached hydrogens (primary N) is 2. The van der Waals surface area contributed by atoms with Crippen LogP contribution in [0.5, 0.6) is 0 Å². The maximum Gasteiger partial charge on any atom is 0.250 e. The van der Waals surface area contributed by atoms with Gasteiger partial charge in [0.15, 0.2) is 0 Å². The number of unbranched alkanes of at least 4 members (excludes halogenated alkanes) is 1. The molecule has 2 aliphatic heterocycles. The average molecular weight is 540 g/mol. The van der Waals surface area contributed by atoms with Crippen molar-refractivity contribution in [3.05, 3.63) is 53.6 Å². The lowest BCUT2D eigenvalue weighted by Crippen LogP contribution is -2.51. The zero-order valence-electron chi connectivity index (χ0n) is 21.8. The molecule has 204 valence electrons. The molecule has 0 saturated carbocycles. The van der Waals surface area contributed by atoms with E-state index >= 15 is 0 Å². The van der Waals surface area contributed by atoms with E-state index in [4.69, 9.17) is 11.5 Å². The van der Waals surface area contributed by atoms with E-state index in [1.165, 1.54) is 4.31 Å². The molecule has 0 aromatic heterocycles. The number of aliphatic hydroxyl groups excluding tert-OH is 1. The van der Waals surface area contributed by atoms with Crippen LogP contribution in [-0.4, -0.2) is 73.8 Å². The Bertz CT molecular complexity index is 1330. The average Bonchev–Trinajstić information content (AvgIpc) is 3.04. The van der Waals surface area contributed by atoms with E-state index in [0.717, 1.165) is 36.0 Å². The van der Waals surface area contributed by atoms with Crippen LogP contribution in [0.15, 0.2) is 57.9 Å². The highest BCUT2D eigenvalue weighted by molar-refractivity contribution is 7.89. The van der Waals surface area contributed by atoms with Gasteiger partial charge in [0.25, 0.3) is 0 Å². The van der Waals surface area contributed by atoms with Gasteiger partial charge in [-0.25, -0.2) is 13.4 Å². The number of amides is 1. The van der Waals surface area contributed by atoms with Crippen molar-refractivity contribution < 1.29 is 18.3 Å². The summed E-state index contributed by atoms with van der Waals surface area (Å²) in [7, 11) is -3.63. The number of carbonyl (C=O) groups excluding carboxylic acids is 1. The molecule has 5 N–H and O–H groups in total. The third-order valence-electron chi connectivity index (χ3n) is 6.92. The monoisotopic (exact) mass is 539 g/mol. The van der Waals surface area contributed by atoms with Crippen LogP contribution in [0.25, 0.3) is 17.2 Å². The van der Waals surface area contributed by atoms with Crippen molar-refractivity contribution in [2.45, 2.75) is 37.5 Å². The molecule has 4 rings (SSSR count). The van der Waals surface area contributed by atoms with E-state index in [1.807, 2.05) is 42.2 Å². The molecule has 0 radical (unpaired) electrons. The van der Waals surface area contributed by atoms with Crippen LogP contribution < -0.4 is 11.5 Å². The number of sulfonamides is 1. The second-order valence-corrected chi connectivity index (χ2v) is 11.8. The lowest BCUT2D eigenvalue weighted by Gasteiger charge is -2.36. The van der Waals surface area contributed by atoms with Crippen LogP contribution in [0, 0.1) is 5.92 Å². The number of benzene rings is 2. The normalized spacial score (nSPS) is 16.2. The molecule has 2 aliphatic rings. The molecule has 1 amide bonds. The third kappa shape index (κ3) is 6.15. The fourth-order valence-corrected chi connectivity index (χ4v) is 6.40. The van der Waals surface area contributed by atoms with Crippen molar-refractivity contribution in [2.75, 3.05) is 39.3 Å². The van der Waals surface area contributed by atoms with Gasteiger partial charge in [0.1, 0.15) is 5.84 Å². The Morgan fingerprint density at radius 3 is 2.61 bits per heavy atom. The number of rotatable bonds is 11. The third-order valence-corrected chi connectivity index (χ3v) is 8.75. The van der Waals surface area contributed by atoms with Gasteiger partial charge in [0, 0.05) is 56.3 Å². The van der Waals surface area contributed by atoms with E-state index < -0.39 is 10.0 Å². The first-order valence-electron chi connectivity index (χ1n) is 13.1. The highest BCUT2D eigenvalue weighted by atomic mass is 32.2. The maximum absolute atomic E-state index is 13.4. The minimum atomic E-state index is -3.63. The quantitative estimate of drug-likeness (QED) is 0.375. The standard InChI is InChI=1S/C28H37N5O4S/c1-2-11-32(12-4-3-10-29)28(35)24-13-23-9-8-22(15-26(23)31-27(30)16-24)21-6-5-7-25(14-21)38(36,37)33-17-20(18-33)19-34/h5-9,13-15,20,34H,2-4,10-12,16-19,29H2,1H3,(H2,30,31). The molecule has 0 atom stereocenters.